The molecule has 7 nitrogen and oxygen atoms in total. The van der Waals surface area contributed by atoms with Crippen molar-refractivity contribution >= 4 is 28.5 Å². The van der Waals surface area contributed by atoms with Crippen LogP contribution in [0.2, 0.25) is 0 Å². The van der Waals surface area contributed by atoms with Crippen LogP contribution in [0.25, 0.3) is 11.0 Å². The predicted molar refractivity (Wildman–Crippen MR) is 133 cm³/mol. The lowest BCUT2D eigenvalue weighted by atomic mass is 9.84. The van der Waals surface area contributed by atoms with Crippen LogP contribution in [0.4, 0.5) is 5.69 Å². The number of fused-ring (bicyclic) bond motifs is 3. The molecule has 6 rings (SSSR count). The van der Waals surface area contributed by atoms with E-state index in [0.717, 1.165) is 37.7 Å². The van der Waals surface area contributed by atoms with E-state index < -0.39 is 0 Å². The fourth-order valence-electron chi connectivity index (χ4n) is 5.97. The number of piperidine rings is 1. The van der Waals surface area contributed by atoms with Gasteiger partial charge in [-0.3, -0.25) is 14.3 Å². The molecule has 2 aliphatic rings. The fourth-order valence-corrected chi connectivity index (χ4v) is 5.97. The first-order chi connectivity index (χ1) is 17.1. The molecule has 2 unspecified atom stereocenters. The molecule has 35 heavy (non-hydrogen) atoms. The molecule has 2 bridgehead atoms. The van der Waals surface area contributed by atoms with Gasteiger partial charge in [-0.1, -0.05) is 24.3 Å². The van der Waals surface area contributed by atoms with Gasteiger partial charge < -0.3 is 14.6 Å². The number of hydrogen-bond acceptors (Lipinski definition) is 4. The largest absolute Gasteiger partial charge is 0.464 e. The minimum atomic E-state index is -0.319. The van der Waals surface area contributed by atoms with Gasteiger partial charge in [0.1, 0.15) is 5.58 Å². The summed E-state index contributed by atoms with van der Waals surface area (Å²) in [5.74, 6) is 0.224. The highest BCUT2D eigenvalue weighted by atomic mass is 16.3. The zero-order valence-corrected chi connectivity index (χ0v) is 19.7. The first-order valence-corrected chi connectivity index (χ1v) is 12.2. The second-order valence-electron chi connectivity index (χ2n) is 9.76. The van der Waals surface area contributed by atoms with Crippen molar-refractivity contribution in [2.24, 2.45) is 13.0 Å². The van der Waals surface area contributed by atoms with Crippen molar-refractivity contribution in [1.82, 2.24) is 14.7 Å². The van der Waals surface area contributed by atoms with Crippen LogP contribution in [-0.2, 0) is 13.5 Å². The van der Waals surface area contributed by atoms with E-state index in [4.69, 9.17) is 4.42 Å². The maximum atomic E-state index is 13.8. The Morgan fingerprint density at radius 3 is 2.60 bits per heavy atom. The summed E-state index contributed by atoms with van der Waals surface area (Å²) in [6.07, 6.45) is 8.54. The quantitative estimate of drug-likeness (QED) is 0.445. The molecule has 1 N–H and O–H groups in total. The third-order valence-electron chi connectivity index (χ3n) is 7.51. The third kappa shape index (κ3) is 4.01. The van der Waals surface area contributed by atoms with Gasteiger partial charge in [0, 0.05) is 30.7 Å². The SMILES string of the molecule is Cn1ccc(C(=O)Nc2ccccc2C(=O)N2C3CCC2CC(Cc2cccc4occc24)C3)n1. The molecule has 2 aromatic heterocycles. The summed E-state index contributed by atoms with van der Waals surface area (Å²) in [6.45, 7) is 0. The molecule has 0 radical (unpaired) electrons. The van der Waals surface area contributed by atoms with Gasteiger partial charge >= 0.3 is 0 Å². The number of anilines is 1. The summed E-state index contributed by atoms with van der Waals surface area (Å²) in [5, 5.41) is 8.25. The van der Waals surface area contributed by atoms with E-state index in [1.54, 1.807) is 36.3 Å². The summed E-state index contributed by atoms with van der Waals surface area (Å²) < 4.78 is 7.16. The summed E-state index contributed by atoms with van der Waals surface area (Å²) in [4.78, 5) is 28.5. The van der Waals surface area contributed by atoms with Crippen molar-refractivity contribution in [3.05, 3.63) is 83.9 Å². The predicted octanol–water partition coefficient (Wildman–Crippen LogP) is 5.04. The number of amides is 2. The van der Waals surface area contributed by atoms with E-state index in [2.05, 4.69) is 27.4 Å². The maximum Gasteiger partial charge on any atom is 0.276 e. The topological polar surface area (TPSA) is 80.4 Å². The van der Waals surface area contributed by atoms with Gasteiger partial charge in [0.2, 0.25) is 0 Å². The Balaban J connectivity index is 1.19. The van der Waals surface area contributed by atoms with Gasteiger partial charge in [0.25, 0.3) is 11.8 Å². The van der Waals surface area contributed by atoms with Gasteiger partial charge in [-0.05, 0) is 73.9 Å². The van der Waals surface area contributed by atoms with E-state index in [0.29, 0.717) is 22.9 Å². The minimum absolute atomic E-state index is 0.00445. The molecule has 7 heteroatoms. The van der Waals surface area contributed by atoms with E-state index in [-0.39, 0.29) is 23.9 Å². The Kier molecular flexibility index (Phi) is 5.40. The van der Waals surface area contributed by atoms with Crippen LogP contribution < -0.4 is 5.32 Å². The number of carbonyl (C=O) groups excluding carboxylic acids is 2. The lowest BCUT2D eigenvalue weighted by Crippen LogP contribution is -2.47. The van der Waals surface area contributed by atoms with Gasteiger partial charge in [-0.15, -0.1) is 0 Å². The standard InChI is InChI=1S/C28H28N4O3/c1-31-13-11-25(30-31)27(33)29-24-7-3-2-6-23(24)28(34)32-20-9-10-21(32)17-18(16-20)15-19-5-4-8-26-22(19)12-14-35-26/h2-8,11-14,18,20-21H,9-10,15-17H2,1H3,(H,29,33). The molecule has 2 aliphatic heterocycles. The summed E-state index contributed by atoms with van der Waals surface area (Å²) in [6, 6.07) is 17.7. The number of carbonyl (C=O) groups is 2. The Morgan fingerprint density at radius 2 is 1.83 bits per heavy atom. The zero-order chi connectivity index (χ0) is 23.9. The highest BCUT2D eigenvalue weighted by Crippen LogP contribution is 2.41. The molecule has 0 spiro atoms. The molecule has 2 saturated heterocycles. The molecule has 0 aliphatic carbocycles. The summed E-state index contributed by atoms with van der Waals surface area (Å²) >= 11 is 0. The fraction of sp³-hybridized carbons (Fsp3) is 0.321. The second kappa shape index (κ2) is 8.73. The van der Waals surface area contributed by atoms with Crippen molar-refractivity contribution in [1.29, 1.82) is 0 Å². The molecule has 2 amide bonds. The van der Waals surface area contributed by atoms with E-state index in [9.17, 15) is 9.59 Å². The Hall–Kier alpha value is -3.87. The Morgan fingerprint density at radius 1 is 1.03 bits per heavy atom. The van der Waals surface area contributed by atoms with Crippen LogP contribution >= 0.6 is 0 Å². The second-order valence-corrected chi connectivity index (χ2v) is 9.76. The average molecular weight is 469 g/mol. The lowest BCUT2D eigenvalue weighted by molar-refractivity contribution is 0.0526. The number of rotatable bonds is 5. The number of nitrogens with one attached hydrogen (secondary N) is 1. The van der Waals surface area contributed by atoms with Crippen molar-refractivity contribution < 1.29 is 14.0 Å². The van der Waals surface area contributed by atoms with E-state index >= 15 is 0 Å². The van der Waals surface area contributed by atoms with E-state index in [1.165, 1.54) is 10.9 Å². The van der Waals surface area contributed by atoms with Gasteiger partial charge in [-0.25, -0.2) is 0 Å². The van der Waals surface area contributed by atoms with Gasteiger partial charge in [0.15, 0.2) is 5.69 Å². The Labute approximate surface area is 203 Å². The number of benzene rings is 2. The molecule has 0 saturated carbocycles. The van der Waals surface area contributed by atoms with Crippen molar-refractivity contribution in [3.8, 4) is 0 Å². The van der Waals surface area contributed by atoms with Gasteiger partial charge in [0.05, 0.1) is 17.5 Å². The number of hydrogen-bond donors (Lipinski definition) is 1. The van der Waals surface area contributed by atoms with Gasteiger partial charge in [-0.2, -0.15) is 5.10 Å². The third-order valence-corrected chi connectivity index (χ3v) is 7.51. The van der Waals surface area contributed by atoms with Crippen molar-refractivity contribution in [2.75, 3.05) is 5.32 Å². The van der Waals surface area contributed by atoms with Crippen LogP contribution in [0, 0.1) is 5.92 Å². The molecular weight excluding hydrogens is 440 g/mol. The number of aromatic nitrogens is 2. The molecule has 2 fully saturated rings. The van der Waals surface area contributed by atoms with E-state index in [1.807, 2.05) is 30.3 Å². The average Bonchev–Trinajstić information content (AvgIpc) is 3.57. The highest BCUT2D eigenvalue weighted by molar-refractivity contribution is 6.08. The molecule has 2 atom stereocenters. The van der Waals surface area contributed by atoms with Crippen LogP contribution in [0.15, 0.2) is 71.5 Å². The van der Waals surface area contributed by atoms with Crippen molar-refractivity contribution in [2.45, 2.75) is 44.2 Å². The molecule has 2 aromatic carbocycles. The molecular formula is C28H28N4O3. The van der Waals surface area contributed by atoms with Crippen molar-refractivity contribution in [3.63, 3.8) is 0 Å². The normalized spacial score (nSPS) is 21.4. The monoisotopic (exact) mass is 468 g/mol. The smallest absolute Gasteiger partial charge is 0.276 e. The first-order valence-electron chi connectivity index (χ1n) is 12.2. The lowest BCUT2D eigenvalue weighted by Gasteiger charge is -2.39. The van der Waals surface area contributed by atoms with Crippen LogP contribution in [0.3, 0.4) is 0 Å². The summed E-state index contributed by atoms with van der Waals surface area (Å²) in [7, 11) is 1.77. The summed E-state index contributed by atoms with van der Waals surface area (Å²) in [5.41, 5.74) is 3.64. The number of furan rings is 1. The first kappa shape index (κ1) is 21.6. The number of nitrogens with zero attached hydrogens (tertiary/aromatic N) is 3. The highest BCUT2D eigenvalue weighted by Gasteiger charge is 2.43. The molecule has 4 aromatic rings. The number of aryl methyl sites for hydroxylation is 1. The Bertz CT molecular complexity index is 1390. The van der Waals surface area contributed by atoms with Crippen LogP contribution in [-0.4, -0.2) is 38.6 Å². The van der Waals surface area contributed by atoms with Crippen LogP contribution in [0.5, 0.6) is 0 Å². The maximum absolute atomic E-state index is 13.8. The van der Waals surface area contributed by atoms with Crippen LogP contribution in [0.1, 0.15) is 52.1 Å². The molecule has 178 valence electrons. The number of para-hydroxylation sites is 1. The molecule has 4 heterocycles. The zero-order valence-electron chi connectivity index (χ0n) is 19.7. The minimum Gasteiger partial charge on any atom is -0.464 e.